The number of aryl methyl sites for hydroxylation is 1. The molecule has 27 heavy (non-hydrogen) atoms. The Kier molecular flexibility index (Phi) is 7.09. The fraction of sp³-hybridized carbons (Fsp3) is 0.263. The van der Waals surface area contributed by atoms with Crippen LogP contribution in [0.25, 0.3) is 0 Å². The van der Waals surface area contributed by atoms with Gasteiger partial charge in [0, 0.05) is 32.1 Å². The summed E-state index contributed by atoms with van der Waals surface area (Å²) in [5, 5.41) is 5.34. The van der Waals surface area contributed by atoms with Crippen molar-refractivity contribution < 1.29 is 18.0 Å². The number of carbonyl (C=O) groups excluding carboxylic acids is 2. The average Bonchev–Trinajstić information content (AvgIpc) is 2.61. The Morgan fingerprint density at radius 1 is 1.00 bits per heavy atom. The second kappa shape index (κ2) is 9.29. The Labute approximate surface area is 159 Å². The van der Waals surface area contributed by atoms with Crippen LogP contribution in [0.15, 0.2) is 53.4 Å². The number of nitrogens with one attached hydrogen (secondary N) is 3. The molecule has 7 nitrogen and oxygen atoms in total. The first-order valence-corrected chi connectivity index (χ1v) is 9.95. The van der Waals surface area contributed by atoms with Crippen molar-refractivity contribution in [3.05, 3.63) is 59.7 Å². The lowest BCUT2D eigenvalue weighted by Crippen LogP contribution is -2.30. The fourth-order valence-electron chi connectivity index (χ4n) is 2.39. The molecule has 3 N–H and O–H groups in total. The van der Waals surface area contributed by atoms with Gasteiger partial charge in [0.1, 0.15) is 0 Å². The molecule has 0 unspecified atom stereocenters. The van der Waals surface area contributed by atoms with Crippen LogP contribution >= 0.6 is 0 Å². The van der Waals surface area contributed by atoms with E-state index in [9.17, 15) is 18.0 Å². The Balaban J connectivity index is 1.81. The third-order valence-corrected chi connectivity index (χ3v) is 5.34. The predicted octanol–water partition coefficient (Wildman–Crippen LogP) is 1.94. The molecule has 0 aliphatic heterocycles. The molecule has 2 rings (SSSR count). The Morgan fingerprint density at radius 2 is 1.67 bits per heavy atom. The molecule has 0 bridgehead atoms. The lowest BCUT2D eigenvalue weighted by Gasteiger charge is -2.09. The number of hydrogen-bond donors (Lipinski definition) is 3. The lowest BCUT2D eigenvalue weighted by atomic mass is 10.1. The van der Waals surface area contributed by atoms with Gasteiger partial charge in [-0.15, -0.1) is 0 Å². The highest BCUT2D eigenvalue weighted by Gasteiger charge is 2.14. The third kappa shape index (κ3) is 6.50. The Bertz CT molecular complexity index is 909. The summed E-state index contributed by atoms with van der Waals surface area (Å²) in [4.78, 5) is 23.0. The van der Waals surface area contributed by atoms with Gasteiger partial charge < -0.3 is 10.6 Å². The van der Waals surface area contributed by atoms with Crippen molar-refractivity contribution in [2.24, 2.45) is 0 Å². The molecule has 0 saturated carbocycles. The summed E-state index contributed by atoms with van der Waals surface area (Å²) in [5.41, 5.74) is 2.61. The van der Waals surface area contributed by atoms with Crippen molar-refractivity contribution in [3.8, 4) is 0 Å². The normalized spacial score (nSPS) is 11.0. The Hall–Kier alpha value is -2.71. The zero-order valence-corrected chi connectivity index (χ0v) is 16.1. The smallest absolute Gasteiger partial charge is 0.240 e. The minimum Gasteiger partial charge on any atom is -0.352 e. The molecule has 0 radical (unpaired) electrons. The van der Waals surface area contributed by atoms with E-state index in [2.05, 4.69) is 15.4 Å². The quantitative estimate of drug-likeness (QED) is 0.642. The zero-order chi connectivity index (χ0) is 19.9. The van der Waals surface area contributed by atoms with Gasteiger partial charge in [-0.1, -0.05) is 24.3 Å². The third-order valence-electron chi connectivity index (χ3n) is 3.87. The van der Waals surface area contributed by atoms with Crippen molar-refractivity contribution in [2.45, 2.75) is 31.7 Å². The second-order valence-electron chi connectivity index (χ2n) is 6.06. The molecule has 0 spiro atoms. The molecule has 8 heteroatoms. The summed E-state index contributed by atoms with van der Waals surface area (Å²) in [6.07, 6.45) is 0.0368. The van der Waals surface area contributed by atoms with Gasteiger partial charge in [-0.2, -0.15) is 0 Å². The van der Waals surface area contributed by atoms with Crippen LogP contribution in [0.4, 0.5) is 5.69 Å². The van der Waals surface area contributed by atoms with E-state index >= 15 is 0 Å². The summed E-state index contributed by atoms with van der Waals surface area (Å²) >= 11 is 0. The van der Waals surface area contributed by atoms with Crippen LogP contribution in [0.1, 0.15) is 24.5 Å². The molecule has 2 aromatic carbocycles. The van der Waals surface area contributed by atoms with Gasteiger partial charge in [0.2, 0.25) is 21.8 Å². The standard InChI is InChI=1S/C19H23N3O4S/c1-14-5-3-4-6-16(14)13-20-19(24)11-12-21-27(25,26)18-9-7-17(8-10-18)22-15(2)23/h3-10,21H,11-13H2,1-2H3,(H,20,24)(H,22,23). The molecule has 144 valence electrons. The van der Waals surface area contributed by atoms with Gasteiger partial charge in [0.15, 0.2) is 0 Å². The molecule has 0 fully saturated rings. The molecule has 2 amide bonds. The van der Waals surface area contributed by atoms with E-state index in [-0.39, 0.29) is 29.7 Å². The van der Waals surface area contributed by atoms with Crippen molar-refractivity contribution >= 4 is 27.5 Å². The molecule has 0 heterocycles. The van der Waals surface area contributed by atoms with E-state index in [0.29, 0.717) is 12.2 Å². The number of benzene rings is 2. The van der Waals surface area contributed by atoms with Gasteiger partial charge in [-0.3, -0.25) is 9.59 Å². The monoisotopic (exact) mass is 389 g/mol. The maximum absolute atomic E-state index is 12.2. The maximum atomic E-state index is 12.2. The van der Waals surface area contributed by atoms with Gasteiger partial charge in [0.25, 0.3) is 0 Å². The van der Waals surface area contributed by atoms with Crippen LogP contribution in [-0.2, 0) is 26.2 Å². The largest absolute Gasteiger partial charge is 0.352 e. The number of rotatable bonds is 8. The molecule has 0 saturated heterocycles. The molecule has 0 aliphatic carbocycles. The number of carbonyl (C=O) groups is 2. The maximum Gasteiger partial charge on any atom is 0.240 e. The van der Waals surface area contributed by atoms with Gasteiger partial charge in [-0.05, 0) is 42.3 Å². The molecule has 0 aromatic heterocycles. The van der Waals surface area contributed by atoms with E-state index in [1.807, 2.05) is 31.2 Å². The van der Waals surface area contributed by atoms with E-state index in [1.54, 1.807) is 0 Å². The highest BCUT2D eigenvalue weighted by atomic mass is 32.2. The van der Waals surface area contributed by atoms with Gasteiger partial charge >= 0.3 is 0 Å². The lowest BCUT2D eigenvalue weighted by molar-refractivity contribution is -0.121. The molecule has 0 atom stereocenters. The number of hydrogen-bond acceptors (Lipinski definition) is 4. The van der Waals surface area contributed by atoms with Crippen molar-refractivity contribution in [2.75, 3.05) is 11.9 Å². The van der Waals surface area contributed by atoms with E-state index in [1.165, 1.54) is 31.2 Å². The summed E-state index contributed by atoms with van der Waals surface area (Å²) in [6, 6.07) is 13.5. The minimum absolute atomic E-state index is 0.00458. The predicted molar refractivity (Wildman–Crippen MR) is 104 cm³/mol. The molecule has 0 aliphatic rings. The summed E-state index contributed by atoms with van der Waals surface area (Å²) < 4.78 is 26.9. The second-order valence-corrected chi connectivity index (χ2v) is 7.82. The highest BCUT2D eigenvalue weighted by molar-refractivity contribution is 7.89. The van der Waals surface area contributed by atoms with Gasteiger partial charge in [0.05, 0.1) is 4.90 Å². The Morgan fingerprint density at radius 3 is 2.30 bits per heavy atom. The van der Waals surface area contributed by atoms with Crippen LogP contribution in [0.2, 0.25) is 0 Å². The SMILES string of the molecule is CC(=O)Nc1ccc(S(=O)(=O)NCCC(=O)NCc2ccccc2C)cc1. The van der Waals surface area contributed by atoms with Gasteiger partial charge in [-0.25, -0.2) is 13.1 Å². The summed E-state index contributed by atoms with van der Waals surface area (Å²) in [6.45, 7) is 3.74. The first kappa shape index (κ1) is 20.6. The summed E-state index contributed by atoms with van der Waals surface area (Å²) in [7, 11) is -3.72. The molecular formula is C19H23N3O4S. The van der Waals surface area contributed by atoms with Crippen LogP contribution in [0.5, 0.6) is 0 Å². The first-order chi connectivity index (χ1) is 12.8. The summed E-state index contributed by atoms with van der Waals surface area (Å²) in [5.74, 6) is -0.470. The van der Waals surface area contributed by atoms with Crippen LogP contribution in [-0.4, -0.2) is 26.8 Å². The average molecular weight is 389 g/mol. The van der Waals surface area contributed by atoms with E-state index < -0.39 is 10.0 Å². The van der Waals surface area contributed by atoms with Crippen LogP contribution in [0.3, 0.4) is 0 Å². The van der Waals surface area contributed by atoms with Crippen molar-refractivity contribution in [1.29, 1.82) is 0 Å². The van der Waals surface area contributed by atoms with Crippen molar-refractivity contribution in [3.63, 3.8) is 0 Å². The van der Waals surface area contributed by atoms with Crippen LogP contribution < -0.4 is 15.4 Å². The van der Waals surface area contributed by atoms with Crippen molar-refractivity contribution in [1.82, 2.24) is 10.0 Å². The minimum atomic E-state index is -3.72. The van der Waals surface area contributed by atoms with Crippen LogP contribution in [0, 0.1) is 6.92 Å². The fourth-order valence-corrected chi connectivity index (χ4v) is 3.43. The zero-order valence-electron chi connectivity index (χ0n) is 15.3. The molecule has 2 aromatic rings. The van der Waals surface area contributed by atoms with E-state index in [0.717, 1.165) is 11.1 Å². The van der Waals surface area contributed by atoms with E-state index in [4.69, 9.17) is 0 Å². The number of anilines is 1. The topological polar surface area (TPSA) is 104 Å². The molecular weight excluding hydrogens is 366 g/mol. The highest BCUT2D eigenvalue weighted by Crippen LogP contribution is 2.14. The number of sulfonamides is 1. The first-order valence-electron chi connectivity index (χ1n) is 8.46. The number of amides is 2.